The van der Waals surface area contributed by atoms with Crippen LogP contribution >= 0.6 is 15.9 Å². The lowest BCUT2D eigenvalue weighted by Gasteiger charge is -2.05. The lowest BCUT2D eigenvalue weighted by Crippen LogP contribution is -1.99. The third-order valence-corrected chi connectivity index (χ3v) is 2.67. The number of carbonyl (C=O) groups excluding carboxylic acids is 1. The molecule has 2 nitrogen and oxygen atoms in total. The van der Waals surface area contributed by atoms with E-state index < -0.39 is 0 Å². The van der Waals surface area contributed by atoms with Gasteiger partial charge in [-0.15, -0.1) is 0 Å². The van der Waals surface area contributed by atoms with Crippen molar-refractivity contribution in [1.29, 1.82) is 0 Å². The summed E-state index contributed by atoms with van der Waals surface area (Å²) in [6.07, 6.45) is 1.58. The van der Waals surface area contributed by atoms with Crippen LogP contribution in [0.1, 0.15) is 23.2 Å². The summed E-state index contributed by atoms with van der Waals surface area (Å²) < 4.78 is 1.01. The fourth-order valence-electron chi connectivity index (χ4n) is 1.51. The number of nitrogens with one attached hydrogen (secondary N) is 1. The molecule has 0 amide bonds. The fourth-order valence-corrected chi connectivity index (χ4v) is 1.87. The van der Waals surface area contributed by atoms with Gasteiger partial charge in [-0.25, -0.2) is 0 Å². The maximum atomic E-state index is 11.6. The number of fused-ring (bicyclic) bond motifs is 1. The highest BCUT2D eigenvalue weighted by Crippen LogP contribution is 2.25. The summed E-state index contributed by atoms with van der Waals surface area (Å²) in [4.78, 5) is 11.6. The minimum absolute atomic E-state index is 0.243. The highest BCUT2D eigenvalue weighted by atomic mass is 79.9. The maximum Gasteiger partial charge on any atom is 0.165 e. The number of halogens is 1. The Labute approximate surface area is 85.5 Å². The van der Waals surface area contributed by atoms with Gasteiger partial charge >= 0.3 is 0 Å². The average Bonchev–Trinajstić information content (AvgIpc) is 2.28. The summed E-state index contributed by atoms with van der Waals surface area (Å²) in [6, 6.07) is 5.74. The van der Waals surface area contributed by atoms with Crippen molar-refractivity contribution in [1.82, 2.24) is 0 Å². The highest BCUT2D eigenvalue weighted by molar-refractivity contribution is 9.10. The lowest BCUT2D eigenvalue weighted by molar-refractivity contribution is 0.0984. The van der Waals surface area contributed by atoms with Crippen LogP contribution in [0.3, 0.4) is 0 Å². The van der Waals surface area contributed by atoms with Crippen molar-refractivity contribution in [3.8, 4) is 0 Å². The second-order valence-corrected chi connectivity index (χ2v) is 4.06. The van der Waals surface area contributed by atoms with Crippen molar-refractivity contribution in [3.63, 3.8) is 0 Å². The summed E-state index contributed by atoms with van der Waals surface area (Å²) in [7, 11) is 0. The second kappa shape index (κ2) is 3.50. The van der Waals surface area contributed by atoms with Crippen molar-refractivity contribution < 1.29 is 4.79 Å². The highest BCUT2D eigenvalue weighted by Gasteiger charge is 2.14. The molecule has 1 aromatic rings. The summed E-state index contributed by atoms with van der Waals surface area (Å²) in [5.74, 6) is 0.243. The van der Waals surface area contributed by atoms with E-state index in [4.69, 9.17) is 0 Å². The molecule has 1 heterocycles. The van der Waals surface area contributed by atoms with Crippen molar-refractivity contribution >= 4 is 27.4 Å². The second-order valence-electron chi connectivity index (χ2n) is 3.14. The Morgan fingerprint density at radius 3 is 3.08 bits per heavy atom. The predicted molar refractivity (Wildman–Crippen MR) is 56.2 cm³/mol. The number of rotatable bonds is 0. The Bertz CT molecular complexity index is 349. The monoisotopic (exact) mass is 239 g/mol. The third kappa shape index (κ3) is 1.75. The fraction of sp³-hybridized carbons (Fsp3) is 0.300. The van der Waals surface area contributed by atoms with Crippen molar-refractivity contribution in [2.24, 2.45) is 0 Å². The maximum absolute atomic E-state index is 11.6. The molecule has 1 aliphatic rings. The van der Waals surface area contributed by atoms with Crippen LogP contribution in [0, 0.1) is 0 Å². The topological polar surface area (TPSA) is 29.1 Å². The molecule has 1 N–H and O–H groups in total. The zero-order valence-electron chi connectivity index (χ0n) is 7.14. The lowest BCUT2D eigenvalue weighted by atomic mass is 10.1. The first kappa shape index (κ1) is 8.75. The van der Waals surface area contributed by atoms with Crippen molar-refractivity contribution in [2.45, 2.75) is 12.8 Å². The molecule has 0 saturated carbocycles. The zero-order chi connectivity index (χ0) is 9.26. The summed E-state index contributed by atoms with van der Waals surface area (Å²) in [5, 5.41) is 3.25. The van der Waals surface area contributed by atoms with Crippen LogP contribution < -0.4 is 5.32 Å². The van der Waals surface area contributed by atoms with Crippen LogP contribution in [0.2, 0.25) is 0 Å². The Morgan fingerprint density at radius 1 is 1.38 bits per heavy atom. The van der Waals surface area contributed by atoms with Crippen molar-refractivity contribution in [2.75, 3.05) is 11.9 Å². The molecule has 13 heavy (non-hydrogen) atoms. The van der Waals surface area contributed by atoms with Gasteiger partial charge in [0, 0.05) is 28.7 Å². The van der Waals surface area contributed by atoms with Crippen LogP contribution in [-0.4, -0.2) is 12.3 Å². The molecule has 0 radical (unpaired) electrons. The molecule has 3 heteroatoms. The van der Waals surface area contributed by atoms with Crippen LogP contribution in [0.5, 0.6) is 0 Å². The molecular formula is C10H10BrNO. The van der Waals surface area contributed by atoms with E-state index in [0.717, 1.165) is 28.7 Å². The van der Waals surface area contributed by atoms with Crippen LogP contribution in [0.4, 0.5) is 5.69 Å². The molecule has 1 aromatic carbocycles. The molecule has 0 unspecified atom stereocenters. The molecule has 2 rings (SSSR count). The first-order valence-corrected chi connectivity index (χ1v) is 5.13. The smallest absolute Gasteiger partial charge is 0.165 e. The quantitative estimate of drug-likeness (QED) is 0.755. The van der Waals surface area contributed by atoms with Gasteiger partial charge in [0.25, 0.3) is 0 Å². The number of anilines is 1. The normalized spacial score (nSPS) is 15.9. The molecule has 0 saturated heterocycles. The molecule has 0 aliphatic carbocycles. The molecule has 68 valence electrons. The number of hydrogen-bond acceptors (Lipinski definition) is 2. The average molecular weight is 240 g/mol. The van der Waals surface area contributed by atoms with Gasteiger partial charge in [-0.2, -0.15) is 0 Å². The van der Waals surface area contributed by atoms with E-state index in [2.05, 4.69) is 21.2 Å². The standard InChI is InChI=1S/C10H10BrNO/c11-7-3-4-8-9(6-7)12-5-1-2-10(8)13/h3-4,6,12H,1-2,5H2. The molecule has 0 fully saturated rings. The van der Waals surface area contributed by atoms with Gasteiger partial charge in [0.1, 0.15) is 0 Å². The van der Waals surface area contributed by atoms with Crippen LogP contribution in [0.15, 0.2) is 22.7 Å². The Hall–Kier alpha value is -0.830. The number of benzene rings is 1. The van der Waals surface area contributed by atoms with Gasteiger partial charge in [-0.1, -0.05) is 15.9 Å². The van der Waals surface area contributed by atoms with E-state index in [1.165, 1.54) is 0 Å². The summed E-state index contributed by atoms with van der Waals surface area (Å²) in [6.45, 7) is 0.884. The van der Waals surface area contributed by atoms with Gasteiger partial charge in [0.2, 0.25) is 0 Å². The molecule has 0 bridgehead atoms. The van der Waals surface area contributed by atoms with E-state index in [9.17, 15) is 4.79 Å². The van der Waals surface area contributed by atoms with Gasteiger partial charge in [0.15, 0.2) is 5.78 Å². The minimum atomic E-state index is 0.243. The van der Waals surface area contributed by atoms with Gasteiger partial charge in [-0.3, -0.25) is 4.79 Å². The molecule has 0 atom stereocenters. The third-order valence-electron chi connectivity index (χ3n) is 2.18. The Kier molecular flexibility index (Phi) is 2.36. The minimum Gasteiger partial charge on any atom is -0.384 e. The summed E-state index contributed by atoms with van der Waals surface area (Å²) >= 11 is 3.38. The SMILES string of the molecule is O=C1CCCNc2cc(Br)ccc21. The van der Waals surface area contributed by atoms with E-state index in [0.29, 0.717) is 6.42 Å². The molecule has 1 aliphatic heterocycles. The Balaban J connectivity index is 2.48. The van der Waals surface area contributed by atoms with Gasteiger partial charge in [-0.05, 0) is 24.6 Å². The number of Topliss-reactive ketones (excluding diaryl/α,β-unsaturated/α-hetero) is 1. The van der Waals surface area contributed by atoms with E-state index in [-0.39, 0.29) is 5.78 Å². The van der Waals surface area contributed by atoms with Gasteiger partial charge < -0.3 is 5.32 Å². The van der Waals surface area contributed by atoms with Crippen LogP contribution in [0.25, 0.3) is 0 Å². The predicted octanol–water partition coefficient (Wildman–Crippen LogP) is 2.84. The van der Waals surface area contributed by atoms with E-state index >= 15 is 0 Å². The molecule has 0 spiro atoms. The number of ketones is 1. The van der Waals surface area contributed by atoms with E-state index in [1.807, 2.05) is 18.2 Å². The Morgan fingerprint density at radius 2 is 2.23 bits per heavy atom. The molecular weight excluding hydrogens is 230 g/mol. The largest absolute Gasteiger partial charge is 0.384 e. The van der Waals surface area contributed by atoms with Crippen LogP contribution in [-0.2, 0) is 0 Å². The van der Waals surface area contributed by atoms with Crippen molar-refractivity contribution in [3.05, 3.63) is 28.2 Å². The first-order chi connectivity index (χ1) is 6.27. The van der Waals surface area contributed by atoms with Gasteiger partial charge in [0.05, 0.1) is 0 Å². The van der Waals surface area contributed by atoms with E-state index in [1.54, 1.807) is 0 Å². The zero-order valence-corrected chi connectivity index (χ0v) is 8.73. The number of carbonyl (C=O) groups is 1. The summed E-state index contributed by atoms with van der Waals surface area (Å²) in [5.41, 5.74) is 1.78. The first-order valence-electron chi connectivity index (χ1n) is 4.34. The number of hydrogen-bond donors (Lipinski definition) is 1. The molecule has 0 aromatic heterocycles.